The predicted octanol–water partition coefficient (Wildman–Crippen LogP) is 1.42. The van der Waals surface area contributed by atoms with E-state index in [-0.39, 0.29) is 13.2 Å². The van der Waals surface area contributed by atoms with Crippen molar-refractivity contribution in [3.63, 3.8) is 0 Å². The van der Waals surface area contributed by atoms with Gasteiger partial charge in [0.05, 0.1) is 0 Å². The molecule has 0 spiro atoms. The van der Waals surface area contributed by atoms with Crippen molar-refractivity contribution >= 4 is 11.8 Å². The van der Waals surface area contributed by atoms with Gasteiger partial charge in [0.1, 0.15) is 18.8 Å². The summed E-state index contributed by atoms with van der Waals surface area (Å²) in [6, 6.07) is 16.8. The van der Waals surface area contributed by atoms with Crippen molar-refractivity contribution in [3.05, 3.63) is 65.7 Å². The lowest BCUT2D eigenvalue weighted by Crippen LogP contribution is -2.43. The molecule has 2 atom stereocenters. The summed E-state index contributed by atoms with van der Waals surface area (Å²) in [5, 5.41) is 26.5. The fourth-order valence-corrected chi connectivity index (χ4v) is 3.12. The molecule has 3 rings (SSSR count). The van der Waals surface area contributed by atoms with Crippen LogP contribution >= 0.6 is 0 Å². The molecule has 0 aliphatic carbocycles. The molecule has 1 fully saturated rings. The van der Waals surface area contributed by atoms with Crippen molar-refractivity contribution in [3.8, 4) is 0 Å². The maximum atomic E-state index is 11.8. The van der Waals surface area contributed by atoms with E-state index < -0.39 is 18.3 Å². The highest BCUT2D eigenvalue weighted by molar-refractivity contribution is 5.67. The quantitative estimate of drug-likeness (QED) is 0.576. The third-order valence-electron chi connectivity index (χ3n) is 4.73. The summed E-state index contributed by atoms with van der Waals surface area (Å²) in [5.41, 5.74) is 2.51. The normalized spacial score (nSPS) is 16.3. The number of benzene rings is 2. The van der Waals surface area contributed by atoms with Crippen molar-refractivity contribution in [1.29, 1.82) is 0 Å². The average Bonchev–Trinajstić information content (AvgIpc) is 2.77. The lowest BCUT2D eigenvalue weighted by molar-refractivity contribution is 0.0184. The number of aliphatic hydroxyl groups is 2. The molecule has 7 heteroatoms. The zero-order chi connectivity index (χ0) is 19.8. The lowest BCUT2D eigenvalue weighted by Gasteiger charge is -2.30. The second-order valence-corrected chi connectivity index (χ2v) is 6.79. The van der Waals surface area contributed by atoms with Crippen LogP contribution in [0.5, 0.6) is 0 Å². The fraction of sp³-hybridized carbons (Fsp3) is 0.381. The Morgan fingerprint density at radius 3 is 2.61 bits per heavy atom. The second kappa shape index (κ2) is 10.1. The van der Waals surface area contributed by atoms with Gasteiger partial charge in [-0.2, -0.15) is 0 Å². The molecule has 150 valence electrons. The number of nitrogens with one attached hydrogen (secondary N) is 2. The topological polar surface area (TPSA) is 94.1 Å². The molecule has 1 saturated heterocycles. The van der Waals surface area contributed by atoms with Crippen LogP contribution in [0.2, 0.25) is 0 Å². The molecule has 0 saturated carbocycles. The number of anilines is 1. The van der Waals surface area contributed by atoms with E-state index in [9.17, 15) is 15.0 Å². The summed E-state index contributed by atoms with van der Waals surface area (Å²) in [6.45, 7) is 3.69. The van der Waals surface area contributed by atoms with Crippen LogP contribution in [0.15, 0.2) is 54.6 Å². The van der Waals surface area contributed by atoms with E-state index in [1.165, 1.54) is 0 Å². The molecule has 0 bridgehead atoms. The molecule has 2 unspecified atom stereocenters. The molecule has 1 amide bonds. The summed E-state index contributed by atoms with van der Waals surface area (Å²) < 4.78 is 5.11. The van der Waals surface area contributed by atoms with Gasteiger partial charge in [-0.05, 0) is 23.3 Å². The van der Waals surface area contributed by atoms with Crippen LogP contribution < -0.4 is 15.5 Å². The number of nitrogens with zero attached hydrogens (tertiary/aromatic N) is 1. The molecule has 7 nitrogen and oxygen atoms in total. The summed E-state index contributed by atoms with van der Waals surface area (Å²) in [6.07, 6.45) is -2.87. The highest BCUT2D eigenvalue weighted by atomic mass is 16.5. The van der Waals surface area contributed by atoms with E-state index in [0.29, 0.717) is 5.56 Å². The Labute approximate surface area is 164 Å². The fourth-order valence-electron chi connectivity index (χ4n) is 3.12. The Morgan fingerprint density at radius 1 is 1.11 bits per heavy atom. The summed E-state index contributed by atoms with van der Waals surface area (Å²) in [7, 11) is 0. The van der Waals surface area contributed by atoms with Crippen LogP contribution in [0.25, 0.3) is 0 Å². The van der Waals surface area contributed by atoms with Gasteiger partial charge in [-0.3, -0.25) is 0 Å². The number of hydrogen-bond donors (Lipinski definition) is 4. The highest BCUT2D eigenvalue weighted by Gasteiger charge is 2.21. The highest BCUT2D eigenvalue weighted by Crippen LogP contribution is 2.23. The van der Waals surface area contributed by atoms with Crippen molar-refractivity contribution in [2.75, 3.05) is 37.6 Å². The molecule has 0 aromatic heterocycles. The number of ether oxygens (including phenoxy) is 1. The van der Waals surface area contributed by atoms with Crippen LogP contribution in [0, 0.1) is 0 Å². The Balaban J connectivity index is 1.48. The maximum absolute atomic E-state index is 11.8. The Kier molecular flexibility index (Phi) is 7.25. The lowest BCUT2D eigenvalue weighted by atomic mass is 10.0. The maximum Gasteiger partial charge on any atom is 0.407 e. The number of amides is 1. The molecule has 1 aliphatic heterocycles. The Morgan fingerprint density at radius 2 is 1.86 bits per heavy atom. The molecule has 4 N–H and O–H groups in total. The average molecular weight is 385 g/mol. The largest absolute Gasteiger partial charge is 0.445 e. The first kappa shape index (κ1) is 20.1. The molecular formula is C21H27N3O4. The van der Waals surface area contributed by atoms with Gasteiger partial charge in [0.2, 0.25) is 0 Å². The monoisotopic (exact) mass is 385 g/mol. The van der Waals surface area contributed by atoms with Gasteiger partial charge in [0.25, 0.3) is 0 Å². The van der Waals surface area contributed by atoms with Crippen molar-refractivity contribution in [1.82, 2.24) is 10.6 Å². The molecule has 28 heavy (non-hydrogen) atoms. The molecule has 2 aromatic rings. The van der Waals surface area contributed by atoms with E-state index in [0.717, 1.165) is 37.4 Å². The van der Waals surface area contributed by atoms with Gasteiger partial charge in [0.15, 0.2) is 0 Å². The Hall–Kier alpha value is -2.61. The molecule has 2 aromatic carbocycles. The van der Waals surface area contributed by atoms with Gasteiger partial charge < -0.3 is 30.5 Å². The number of carbonyl (C=O) groups excluding carboxylic acids is 1. The van der Waals surface area contributed by atoms with Crippen molar-refractivity contribution in [2.45, 2.75) is 18.8 Å². The summed E-state index contributed by atoms with van der Waals surface area (Å²) >= 11 is 0. The van der Waals surface area contributed by atoms with Gasteiger partial charge in [0, 0.05) is 38.4 Å². The van der Waals surface area contributed by atoms with Crippen LogP contribution in [-0.2, 0) is 11.3 Å². The van der Waals surface area contributed by atoms with E-state index in [1.807, 2.05) is 48.5 Å². The first-order valence-corrected chi connectivity index (χ1v) is 9.50. The second-order valence-electron chi connectivity index (χ2n) is 6.79. The number of carbonyl (C=O) groups is 1. The van der Waals surface area contributed by atoms with Crippen LogP contribution in [-0.4, -0.2) is 55.1 Å². The standard InChI is InChI=1S/C21H27N3O4/c25-19(14-23-21(27)28-15-16-5-2-1-3-6-16)20(26)17-7-4-8-18(13-17)24-11-9-22-10-12-24/h1-8,13,19-20,22,25-26H,9-12,14-15H2,(H,23,27). The van der Waals surface area contributed by atoms with Gasteiger partial charge in [-0.25, -0.2) is 4.79 Å². The number of hydrogen-bond acceptors (Lipinski definition) is 6. The van der Waals surface area contributed by atoms with Crippen LogP contribution in [0.1, 0.15) is 17.2 Å². The Bertz CT molecular complexity index is 750. The zero-order valence-corrected chi connectivity index (χ0v) is 15.8. The molecule has 0 radical (unpaired) electrons. The minimum absolute atomic E-state index is 0.105. The SMILES string of the molecule is O=C(NCC(O)C(O)c1cccc(N2CCNCC2)c1)OCc1ccccc1. The van der Waals surface area contributed by atoms with Gasteiger partial charge >= 0.3 is 6.09 Å². The van der Waals surface area contributed by atoms with Crippen molar-refractivity contribution in [2.24, 2.45) is 0 Å². The summed E-state index contributed by atoms with van der Waals surface area (Å²) in [4.78, 5) is 14.0. The first-order chi connectivity index (χ1) is 13.6. The van der Waals surface area contributed by atoms with Gasteiger partial charge in [-0.1, -0.05) is 42.5 Å². The number of rotatable bonds is 7. The van der Waals surface area contributed by atoms with E-state index in [4.69, 9.17) is 4.74 Å². The minimum Gasteiger partial charge on any atom is -0.445 e. The summed E-state index contributed by atoms with van der Waals surface area (Å²) in [5.74, 6) is 0. The molecular weight excluding hydrogens is 358 g/mol. The molecule has 1 aliphatic rings. The van der Waals surface area contributed by atoms with Crippen molar-refractivity contribution < 1.29 is 19.7 Å². The third-order valence-corrected chi connectivity index (χ3v) is 4.73. The van der Waals surface area contributed by atoms with Crippen LogP contribution in [0.4, 0.5) is 10.5 Å². The smallest absolute Gasteiger partial charge is 0.407 e. The van der Waals surface area contributed by atoms with E-state index in [2.05, 4.69) is 15.5 Å². The van der Waals surface area contributed by atoms with Gasteiger partial charge in [-0.15, -0.1) is 0 Å². The predicted molar refractivity (Wildman–Crippen MR) is 107 cm³/mol. The number of alkyl carbamates (subject to hydrolysis) is 1. The minimum atomic E-state index is -1.14. The molecule has 1 heterocycles. The van der Waals surface area contributed by atoms with E-state index >= 15 is 0 Å². The van der Waals surface area contributed by atoms with Crippen LogP contribution in [0.3, 0.4) is 0 Å². The number of aliphatic hydroxyl groups excluding tert-OH is 2. The van der Waals surface area contributed by atoms with E-state index in [1.54, 1.807) is 6.07 Å². The zero-order valence-electron chi connectivity index (χ0n) is 15.8. The third kappa shape index (κ3) is 5.69. The first-order valence-electron chi connectivity index (χ1n) is 9.50. The number of piperazine rings is 1.